The summed E-state index contributed by atoms with van der Waals surface area (Å²) in [5, 5.41) is 9.18. The molecule has 0 saturated carbocycles. The Balaban J connectivity index is 2.51. The molecule has 1 rings (SSSR count). The van der Waals surface area contributed by atoms with Crippen LogP contribution in [0.1, 0.15) is 5.56 Å². The normalized spacial score (nSPS) is 12.9. The van der Waals surface area contributed by atoms with Gasteiger partial charge in [0.25, 0.3) is 0 Å². The molecule has 1 aromatic carbocycles. The van der Waals surface area contributed by atoms with Crippen molar-refractivity contribution >= 4 is 11.6 Å². The molecule has 0 radical (unpaired) electrons. The molecule has 0 heterocycles. The van der Waals surface area contributed by atoms with E-state index in [2.05, 4.69) is 0 Å². The van der Waals surface area contributed by atoms with Crippen molar-refractivity contribution in [2.24, 2.45) is 0 Å². The zero-order valence-electron chi connectivity index (χ0n) is 6.20. The van der Waals surface area contributed by atoms with Gasteiger partial charge >= 0.3 is 0 Å². The van der Waals surface area contributed by atoms with Crippen molar-refractivity contribution in [3.63, 3.8) is 0 Å². The molecule has 1 atom stereocenters. The zero-order valence-corrected chi connectivity index (χ0v) is 6.96. The minimum Gasteiger partial charge on any atom is -0.392 e. The first-order chi connectivity index (χ1) is 5.33. The van der Waals surface area contributed by atoms with Crippen LogP contribution in [0.2, 0.25) is 0 Å². The quantitative estimate of drug-likeness (QED) is 0.687. The van der Waals surface area contributed by atoms with Crippen LogP contribution in [0.25, 0.3) is 0 Å². The van der Waals surface area contributed by atoms with Gasteiger partial charge in [0.2, 0.25) is 0 Å². The molecule has 0 aliphatic heterocycles. The van der Waals surface area contributed by atoms with E-state index in [9.17, 15) is 5.11 Å². The highest BCUT2D eigenvalue weighted by atomic mass is 35.5. The molecule has 0 aliphatic rings. The monoisotopic (exact) mass is 170 g/mol. The van der Waals surface area contributed by atoms with Gasteiger partial charge in [-0.3, -0.25) is 0 Å². The van der Waals surface area contributed by atoms with Crippen molar-refractivity contribution in [3.8, 4) is 0 Å². The van der Waals surface area contributed by atoms with Crippen LogP contribution in [0.3, 0.4) is 0 Å². The van der Waals surface area contributed by atoms with Gasteiger partial charge in [-0.15, -0.1) is 11.6 Å². The fourth-order valence-electron chi connectivity index (χ4n) is 0.941. The third-order valence-corrected chi connectivity index (χ3v) is 1.85. The van der Waals surface area contributed by atoms with E-state index in [0.29, 0.717) is 12.3 Å². The number of rotatable bonds is 3. The van der Waals surface area contributed by atoms with Gasteiger partial charge in [-0.05, 0) is 12.0 Å². The van der Waals surface area contributed by atoms with E-state index in [4.69, 9.17) is 11.6 Å². The molecule has 0 fully saturated rings. The van der Waals surface area contributed by atoms with Gasteiger partial charge < -0.3 is 5.11 Å². The number of halogens is 1. The Morgan fingerprint density at radius 2 is 1.91 bits per heavy atom. The molecule has 0 amide bonds. The Bertz CT molecular complexity index is 198. The van der Waals surface area contributed by atoms with E-state index in [1.54, 1.807) is 0 Å². The van der Waals surface area contributed by atoms with Gasteiger partial charge in [0.15, 0.2) is 0 Å². The number of benzene rings is 1. The van der Waals surface area contributed by atoms with E-state index < -0.39 is 6.10 Å². The van der Waals surface area contributed by atoms with Crippen molar-refractivity contribution in [1.29, 1.82) is 0 Å². The molecule has 0 aromatic heterocycles. The maximum atomic E-state index is 9.18. The second-order valence-electron chi connectivity index (χ2n) is 2.50. The number of hydrogen-bond donors (Lipinski definition) is 1. The van der Waals surface area contributed by atoms with Crippen LogP contribution < -0.4 is 0 Å². The number of alkyl halides is 1. The van der Waals surface area contributed by atoms with Crippen LogP contribution >= 0.6 is 11.6 Å². The lowest BCUT2D eigenvalue weighted by molar-refractivity contribution is 0.199. The first kappa shape index (κ1) is 8.57. The first-order valence-corrected chi connectivity index (χ1v) is 4.14. The van der Waals surface area contributed by atoms with E-state index in [1.165, 1.54) is 0 Å². The number of hydrogen-bond acceptors (Lipinski definition) is 1. The largest absolute Gasteiger partial charge is 0.392 e. The van der Waals surface area contributed by atoms with Gasteiger partial charge in [-0.25, -0.2) is 0 Å². The SMILES string of the molecule is OC(CCl)Cc1ccccc1. The Morgan fingerprint density at radius 3 is 2.45 bits per heavy atom. The lowest BCUT2D eigenvalue weighted by Crippen LogP contribution is -2.11. The molecule has 1 nitrogen and oxygen atoms in total. The van der Waals surface area contributed by atoms with E-state index in [0.717, 1.165) is 5.56 Å². The predicted molar refractivity (Wildman–Crippen MR) is 46.9 cm³/mol. The van der Waals surface area contributed by atoms with Crippen LogP contribution in [0.4, 0.5) is 0 Å². The minimum absolute atomic E-state index is 0.300. The van der Waals surface area contributed by atoms with Gasteiger partial charge in [0, 0.05) is 5.88 Å². The topological polar surface area (TPSA) is 20.2 Å². The molecular formula is C9H11ClO. The number of aliphatic hydroxyl groups excluding tert-OH is 1. The Hall–Kier alpha value is -0.530. The summed E-state index contributed by atoms with van der Waals surface area (Å²) in [6, 6.07) is 9.83. The van der Waals surface area contributed by atoms with E-state index >= 15 is 0 Å². The summed E-state index contributed by atoms with van der Waals surface area (Å²) < 4.78 is 0. The molecule has 2 heteroatoms. The fourth-order valence-corrected chi connectivity index (χ4v) is 1.05. The highest BCUT2D eigenvalue weighted by Crippen LogP contribution is 2.03. The van der Waals surface area contributed by atoms with E-state index in [1.807, 2.05) is 30.3 Å². The highest BCUT2D eigenvalue weighted by molar-refractivity contribution is 6.18. The summed E-state index contributed by atoms with van der Waals surface area (Å²) in [4.78, 5) is 0. The molecule has 0 aliphatic carbocycles. The van der Waals surface area contributed by atoms with Crippen molar-refractivity contribution in [3.05, 3.63) is 35.9 Å². The van der Waals surface area contributed by atoms with Crippen molar-refractivity contribution in [2.75, 3.05) is 5.88 Å². The molecule has 0 spiro atoms. The summed E-state index contributed by atoms with van der Waals surface area (Å²) >= 11 is 5.45. The average Bonchev–Trinajstić information content (AvgIpc) is 2.06. The van der Waals surface area contributed by atoms with Crippen LogP contribution in [0, 0.1) is 0 Å². The van der Waals surface area contributed by atoms with Gasteiger partial charge in [0.05, 0.1) is 6.10 Å². The predicted octanol–water partition coefficient (Wildman–Crippen LogP) is 1.83. The zero-order chi connectivity index (χ0) is 8.10. The Morgan fingerprint density at radius 1 is 1.27 bits per heavy atom. The minimum atomic E-state index is -0.418. The third kappa shape index (κ3) is 2.91. The molecule has 0 bridgehead atoms. The van der Waals surface area contributed by atoms with Crippen LogP contribution in [0.5, 0.6) is 0 Å². The maximum Gasteiger partial charge on any atom is 0.0715 e. The number of aliphatic hydroxyl groups is 1. The van der Waals surface area contributed by atoms with Crippen LogP contribution in [0.15, 0.2) is 30.3 Å². The Kier molecular flexibility index (Phi) is 3.40. The third-order valence-electron chi connectivity index (χ3n) is 1.49. The van der Waals surface area contributed by atoms with Gasteiger partial charge in [0.1, 0.15) is 0 Å². The lowest BCUT2D eigenvalue weighted by atomic mass is 10.1. The van der Waals surface area contributed by atoms with Crippen molar-refractivity contribution in [1.82, 2.24) is 0 Å². The standard InChI is InChI=1S/C9H11ClO/c10-7-9(11)6-8-4-2-1-3-5-8/h1-5,9,11H,6-7H2. The average molecular weight is 171 g/mol. The van der Waals surface area contributed by atoms with Gasteiger partial charge in [-0.1, -0.05) is 30.3 Å². The molecule has 11 heavy (non-hydrogen) atoms. The fraction of sp³-hybridized carbons (Fsp3) is 0.333. The summed E-state index contributed by atoms with van der Waals surface area (Å²) in [6.45, 7) is 0. The first-order valence-electron chi connectivity index (χ1n) is 3.61. The van der Waals surface area contributed by atoms with Crippen LogP contribution in [-0.2, 0) is 6.42 Å². The summed E-state index contributed by atoms with van der Waals surface area (Å²) in [6.07, 6.45) is 0.226. The molecule has 0 saturated heterocycles. The highest BCUT2D eigenvalue weighted by Gasteiger charge is 2.01. The Labute approximate surface area is 71.6 Å². The molecular weight excluding hydrogens is 160 g/mol. The van der Waals surface area contributed by atoms with Crippen molar-refractivity contribution in [2.45, 2.75) is 12.5 Å². The molecule has 60 valence electrons. The molecule has 1 N–H and O–H groups in total. The maximum absolute atomic E-state index is 9.18. The van der Waals surface area contributed by atoms with E-state index in [-0.39, 0.29) is 0 Å². The molecule has 1 aromatic rings. The summed E-state index contributed by atoms with van der Waals surface area (Å²) in [5.41, 5.74) is 1.13. The van der Waals surface area contributed by atoms with Crippen molar-refractivity contribution < 1.29 is 5.11 Å². The van der Waals surface area contributed by atoms with Crippen LogP contribution in [-0.4, -0.2) is 17.1 Å². The smallest absolute Gasteiger partial charge is 0.0715 e. The second kappa shape index (κ2) is 4.37. The summed E-state index contributed by atoms with van der Waals surface area (Å²) in [5.74, 6) is 0.300. The summed E-state index contributed by atoms with van der Waals surface area (Å²) in [7, 11) is 0. The second-order valence-corrected chi connectivity index (χ2v) is 2.81. The molecule has 1 unspecified atom stereocenters. The van der Waals surface area contributed by atoms with Gasteiger partial charge in [-0.2, -0.15) is 0 Å². The lowest BCUT2D eigenvalue weighted by Gasteiger charge is -2.05.